The second-order valence-electron chi connectivity index (χ2n) is 5.62. The summed E-state index contributed by atoms with van der Waals surface area (Å²) in [7, 11) is 0. The van der Waals surface area contributed by atoms with Crippen LogP contribution < -0.4 is 10.6 Å². The van der Waals surface area contributed by atoms with Crippen LogP contribution in [0.1, 0.15) is 37.1 Å². The molecule has 0 spiro atoms. The maximum atomic E-state index is 4.46. The van der Waals surface area contributed by atoms with Crippen molar-refractivity contribution in [1.29, 1.82) is 0 Å². The third-order valence-corrected chi connectivity index (χ3v) is 5.35. The Balaban J connectivity index is 1.83. The minimum atomic E-state index is 0.435. The lowest BCUT2D eigenvalue weighted by Gasteiger charge is -2.32. The van der Waals surface area contributed by atoms with Crippen LogP contribution in [-0.4, -0.2) is 24.6 Å². The molecule has 0 saturated carbocycles. The zero-order chi connectivity index (χ0) is 13.0. The summed E-state index contributed by atoms with van der Waals surface area (Å²) in [6.07, 6.45) is 4.39. The van der Waals surface area contributed by atoms with Gasteiger partial charge in [0.2, 0.25) is 0 Å². The summed E-state index contributed by atoms with van der Waals surface area (Å²) in [5.41, 5.74) is 0.435. The van der Waals surface area contributed by atoms with Crippen LogP contribution in [0.25, 0.3) is 0 Å². The third kappa shape index (κ3) is 3.11. The van der Waals surface area contributed by atoms with Crippen molar-refractivity contribution in [2.45, 2.75) is 40.2 Å². The molecule has 0 bridgehead atoms. The first-order valence-corrected chi connectivity index (χ1v) is 7.83. The molecule has 0 aromatic carbocycles. The van der Waals surface area contributed by atoms with Crippen LogP contribution in [0.5, 0.6) is 0 Å². The Morgan fingerprint density at radius 2 is 2.39 bits per heavy atom. The zero-order valence-corrected chi connectivity index (χ0v) is 12.6. The van der Waals surface area contributed by atoms with Gasteiger partial charge in [0.1, 0.15) is 5.01 Å². The van der Waals surface area contributed by atoms with Gasteiger partial charge in [0.25, 0.3) is 0 Å². The molecule has 1 atom stereocenters. The zero-order valence-electron chi connectivity index (χ0n) is 11.8. The van der Waals surface area contributed by atoms with E-state index in [1.807, 2.05) is 17.5 Å². The molecule has 1 aliphatic rings. The highest BCUT2D eigenvalue weighted by molar-refractivity contribution is 7.11. The minimum absolute atomic E-state index is 0.435. The summed E-state index contributed by atoms with van der Waals surface area (Å²) in [5, 5.41) is 8.33. The van der Waals surface area contributed by atoms with E-state index < -0.39 is 0 Å². The highest BCUT2D eigenvalue weighted by Gasteiger charge is 2.36. The van der Waals surface area contributed by atoms with Gasteiger partial charge in [-0.2, -0.15) is 0 Å². The summed E-state index contributed by atoms with van der Waals surface area (Å²) in [4.78, 5) is 5.84. The Morgan fingerprint density at radius 3 is 2.94 bits per heavy atom. The Morgan fingerprint density at radius 1 is 1.56 bits per heavy atom. The molecule has 0 amide bonds. The lowest BCUT2D eigenvalue weighted by Crippen LogP contribution is -2.40. The predicted molar refractivity (Wildman–Crippen MR) is 78.0 cm³/mol. The SMILES string of the molecule is CCc1cnc(CNCC2(C(C)C)CCNC2)s1. The molecule has 1 unspecified atom stereocenters. The van der Waals surface area contributed by atoms with Gasteiger partial charge in [-0.15, -0.1) is 11.3 Å². The normalized spacial score (nSPS) is 24.0. The van der Waals surface area contributed by atoms with Crippen molar-refractivity contribution in [2.24, 2.45) is 11.3 Å². The first-order valence-electron chi connectivity index (χ1n) is 7.01. The monoisotopic (exact) mass is 267 g/mol. The molecule has 1 aromatic heterocycles. The molecule has 1 saturated heterocycles. The van der Waals surface area contributed by atoms with Crippen LogP contribution in [0.2, 0.25) is 0 Å². The van der Waals surface area contributed by atoms with E-state index in [2.05, 4.69) is 36.4 Å². The van der Waals surface area contributed by atoms with Crippen molar-refractivity contribution in [2.75, 3.05) is 19.6 Å². The van der Waals surface area contributed by atoms with E-state index in [4.69, 9.17) is 0 Å². The van der Waals surface area contributed by atoms with E-state index in [0.29, 0.717) is 5.41 Å². The van der Waals surface area contributed by atoms with Crippen LogP contribution in [0, 0.1) is 11.3 Å². The van der Waals surface area contributed by atoms with Crippen LogP contribution in [0.15, 0.2) is 6.20 Å². The fourth-order valence-corrected chi connectivity index (χ4v) is 3.45. The van der Waals surface area contributed by atoms with Crippen molar-refractivity contribution in [3.05, 3.63) is 16.1 Å². The Kier molecular flexibility index (Phi) is 4.76. The molecule has 1 fully saturated rings. The number of rotatable bonds is 6. The smallest absolute Gasteiger partial charge is 0.107 e. The summed E-state index contributed by atoms with van der Waals surface area (Å²) in [5.74, 6) is 0.725. The van der Waals surface area contributed by atoms with Gasteiger partial charge in [-0.1, -0.05) is 20.8 Å². The Bertz CT molecular complexity index is 367. The van der Waals surface area contributed by atoms with E-state index in [0.717, 1.165) is 38.5 Å². The number of nitrogens with zero attached hydrogens (tertiary/aromatic N) is 1. The fourth-order valence-electron chi connectivity index (χ4n) is 2.62. The average Bonchev–Trinajstić information content (AvgIpc) is 2.98. The van der Waals surface area contributed by atoms with Crippen molar-refractivity contribution in [1.82, 2.24) is 15.6 Å². The van der Waals surface area contributed by atoms with Crippen LogP contribution in [0.3, 0.4) is 0 Å². The summed E-state index contributed by atoms with van der Waals surface area (Å²) >= 11 is 1.83. The van der Waals surface area contributed by atoms with Crippen molar-refractivity contribution in [3.8, 4) is 0 Å². The lowest BCUT2D eigenvalue weighted by atomic mass is 9.76. The highest BCUT2D eigenvalue weighted by atomic mass is 32.1. The lowest BCUT2D eigenvalue weighted by molar-refractivity contribution is 0.208. The fraction of sp³-hybridized carbons (Fsp3) is 0.786. The summed E-state index contributed by atoms with van der Waals surface area (Å²) in [6.45, 7) is 11.2. The summed E-state index contributed by atoms with van der Waals surface area (Å²) < 4.78 is 0. The minimum Gasteiger partial charge on any atom is -0.316 e. The number of hydrogen-bond donors (Lipinski definition) is 2. The standard InChI is InChI=1S/C14H25N3S/c1-4-12-7-17-13(18-12)8-16-10-14(11(2)3)5-6-15-9-14/h7,11,15-16H,4-6,8-10H2,1-3H3. The predicted octanol–water partition coefficient (Wildman–Crippen LogP) is 2.43. The molecule has 0 aliphatic carbocycles. The van der Waals surface area contributed by atoms with E-state index in [1.54, 1.807) is 0 Å². The van der Waals surface area contributed by atoms with Gasteiger partial charge >= 0.3 is 0 Å². The third-order valence-electron chi connectivity index (χ3n) is 4.20. The van der Waals surface area contributed by atoms with Gasteiger partial charge in [-0.25, -0.2) is 4.98 Å². The molecule has 2 heterocycles. The van der Waals surface area contributed by atoms with Crippen LogP contribution in [0.4, 0.5) is 0 Å². The van der Waals surface area contributed by atoms with E-state index in [1.165, 1.54) is 16.3 Å². The van der Waals surface area contributed by atoms with E-state index in [9.17, 15) is 0 Å². The second kappa shape index (κ2) is 6.13. The van der Waals surface area contributed by atoms with Crippen LogP contribution in [-0.2, 0) is 13.0 Å². The molecule has 1 aromatic rings. The first kappa shape index (κ1) is 14.0. The quantitative estimate of drug-likeness (QED) is 0.831. The molecule has 2 N–H and O–H groups in total. The molecule has 4 heteroatoms. The second-order valence-corrected chi connectivity index (χ2v) is 6.82. The van der Waals surface area contributed by atoms with Gasteiger partial charge in [0, 0.05) is 30.7 Å². The number of nitrogens with one attached hydrogen (secondary N) is 2. The molecule has 18 heavy (non-hydrogen) atoms. The van der Waals surface area contributed by atoms with Gasteiger partial charge in [0.05, 0.1) is 0 Å². The van der Waals surface area contributed by atoms with Gasteiger partial charge in [-0.3, -0.25) is 0 Å². The van der Waals surface area contributed by atoms with Crippen molar-refractivity contribution in [3.63, 3.8) is 0 Å². The number of aryl methyl sites for hydroxylation is 1. The van der Waals surface area contributed by atoms with Gasteiger partial charge in [0.15, 0.2) is 0 Å². The number of hydrogen-bond acceptors (Lipinski definition) is 4. The highest BCUT2D eigenvalue weighted by Crippen LogP contribution is 2.33. The maximum absolute atomic E-state index is 4.46. The number of aromatic nitrogens is 1. The van der Waals surface area contributed by atoms with Gasteiger partial charge < -0.3 is 10.6 Å². The molecule has 2 rings (SSSR count). The largest absolute Gasteiger partial charge is 0.316 e. The van der Waals surface area contributed by atoms with E-state index in [-0.39, 0.29) is 0 Å². The van der Waals surface area contributed by atoms with Crippen molar-refractivity contribution < 1.29 is 0 Å². The molecular weight excluding hydrogens is 242 g/mol. The maximum Gasteiger partial charge on any atom is 0.107 e. The molecule has 3 nitrogen and oxygen atoms in total. The van der Waals surface area contributed by atoms with Gasteiger partial charge in [-0.05, 0) is 30.7 Å². The Hall–Kier alpha value is -0.450. The molecular formula is C14H25N3S. The molecule has 102 valence electrons. The first-order chi connectivity index (χ1) is 8.66. The molecule has 0 radical (unpaired) electrons. The van der Waals surface area contributed by atoms with Crippen molar-refractivity contribution >= 4 is 11.3 Å². The topological polar surface area (TPSA) is 37.0 Å². The average molecular weight is 267 g/mol. The van der Waals surface area contributed by atoms with Crippen LogP contribution >= 0.6 is 11.3 Å². The Labute approximate surface area is 114 Å². The summed E-state index contributed by atoms with van der Waals surface area (Å²) in [6, 6.07) is 0. The molecule has 1 aliphatic heterocycles. The number of thiazole rings is 1. The van der Waals surface area contributed by atoms with E-state index >= 15 is 0 Å².